The first kappa shape index (κ1) is 32.4. The molecule has 220 valence electrons. The van der Waals surface area contributed by atoms with Crippen molar-refractivity contribution in [1.29, 1.82) is 0 Å². The Morgan fingerprint density at radius 3 is 2.22 bits per heavy atom. The van der Waals surface area contributed by atoms with Crippen LogP contribution in [-0.2, 0) is 32.6 Å². The molecule has 0 radical (unpaired) electrons. The Hall–Kier alpha value is -3.07. The maximum Gasteiger partial charge on any atom is 0.264 e. The van der Waals surface area contributed by atoms with Crippen LogP contribution >= 0.6 is 23.2 Å². The van der Waals surface area contributed by atoms with Gasteiger partial charge in [-0.2, -0.15) is 0 Å². The SMILES string of the molecule is CCCNC(=O)[C@H](CC)N(Cc1ccc(Cl)cc1Cl)C(=O)CN(c1ccccc1CC)S(=O)(=O)c1ccc(C)cc1. The number of carbonyl (C=O) groups is 2. The Bertz CT molecular complexity index is 1460. The number of benzene rings is 3. The zero-order valence-corrected chi connectivity index (χ0v) is 26.2. The van der Waals surface area contributed by atoms with Crippen molar-refractivity contribution in [1.82, 2.24) is 10.2 Å². The van der Waals surface area contributed by atoms with Gasteiger partial charge in [0.15, 0.2) is 0 Å². The third-order valence-electron chi connectivity index (χ3n) is 6.82. The number of nitrogens with zero attached hydrogens (tertiary/aromatic N) is 2. The highest BCUT2D eigenvalue weighted by molar-refractivity contribution is 7.92. The molecule has 0 aliphatic carbocycles. The number of hydrogen-bond donors (Lipinski definition) is 1. The highest BCUT2D eigenvalue weighted by Crippen LogP contribution is 2.29. The summed E-state index contributed by atoms with van der Waals surface area (Å²) < 4.78 is 29.3. The zero-order valence-electron chi connectivity index (χ0n) is 23.9. The van der Waals surface area contributed by atoms with Crippen molar-refractivity contribution in [3.05, 3.63) is 93.5 Å². The summed E-state index contributed by atoms with van der Waals surface area (Å²) in [6, 6.07) is 17.7. The highest BCUT2D eigenvalue weighted by atomic mass is 35.5. The minimum Gasteiger partial charge on any atom is -0.354 e. The molecule has 0 heterocycles. The van der Waals surface area contributed by atoms with Crippen LogP contribution < -0.4 is 9.62 Å². The Morgan fingerprint density at radius 2 is 1.61 bits per heavy atom. The number of amides is 2. The van der Waals surface area contributed by atoms with Gasteiger partial charge in [-0.15, -0.1) is 0 Å². The smallest absolute Gasteiger partial charge is 0.264 e. The van der Waals surface area contributed by atoms with Crippen LogP contribution in [0.2, 0.25) is 10.0 Å². The highest BCUT2D eigenvalue weighted by Gasteiger charge is 2.34. The standard InChI is InChI=1S/C31H37Cl2N3O4S/c1-5-18-34-31(38)28(7-3)35(20-24-14-15-25(32)19-27(24)33)30(37)21-36(29-11-9-8-10-23(29)6-2)41(39,40)26-16-12-22(4)13-17-26/h8-17,19,28H,5-7,18,20-21H2,1-4H3,(H,34,38)/t28-/m0/s1. The van der Waals surface area contributed by atoms with Crippen LogP contribution in [0.4, 0.5) is 5.69 Å². The summed E-state index contributed by atoms with van der Waals surface area (Å²) in [7, 11) is -4.14. The van der Waals surface area contributed by atoms with Crippen molar-refractivity contribution >= 4 is 50.7 Å². The molecule has 1 N–H and O–H groups in total. The molecule has 0 fully saturated rings. The largest absolute Gasteiger partial charge is 0.354 e. The lowest BCUT2D eigenvalue weighted by Gasteiger charge is -2.34. The van der Waals surface area contributed by atoms with Crippen LogP contribution in [0.15, 0.2) is 71.6 Å². The third kappa shape index (κ3) is 8.03. The van der Waals surface area contributed by atoms with E-state index in [0.717, 1.165) is 21.9 Å². The molecular formula is C31H37Cl2N3O4S. The summed E-state index contributed by atoms with van der Waals surface area (Å²) in [4.78, 5) is 28.9. The number of rotatable bonds is 13. The Morgan fingerprint density at radius 1 is 0.927 bits per heavy atom. The van der Waals surface area contributed by atoms with E-state index in [4.69, 9.17) is 23.2 Å². The number of para-hydroxylation sites is 1. The fraction of sp³-hybridized carbons (Fsp3) is 0.355. The van der Waals surface area contributed by atoms with E-state index in [0.29, 0.717) is 40.7 Å². The maximum absolute atomic E-state index is 14.2. The van der Waals surface area contributed by atoms with E-state index < -0.39 is 28.5 Å². The molecule has 41 heavy (non-hydrogen) atoms. The van der Waals surface area contributed by atoms with E-state index in [1.54, 1.807) is 42.5 Å². The number of nitrogens with one attached hydrogen (secondary N) is 1. The minimum absolute atomic E-state index is 0.000725. The lowest BCUT2D eigenvalue weighted by Crippen LogP contribution is -2.52. The van der Waals surface area contributed by atoms with Gasteiger partial charge in [0.25, 0.3) is 10.0 Å². The van der Waals surface area contributed by atoms with Crippen molar-refractivity contribution in [3.8, 4) is 0 Å². The molecule has 0 saturated carbocycles. The third-order valence-corrected chi connectivity index (χ3v) is 9.18. The molecule has 3 aromatic rings. The van der Waals surface area contributed by atoms with Gasteiger partial charge in [0, 0.05) is 23.1 Å². The molecule has 7 nitrogen and oxygen atoms in total. The molecule has 1 atom stereocenters. The average molecular weight is 619 g/mol. The lowest BCUT2D eigenvalue weighted by molar-refractivity contribution is -0.140. The summed E-state index contributed by atoms with van der Waals surface area (Å²) in [5, 5.41) is 3.66. The Balaban J connectivity index is 2.11. The summed E-state index contributed by atoms with van der Waals surface area (Å²) >= 11 is 12.6. The predicted octanol–water partition coefficient (Wildman–Crippen LogP) is 6.39. The van der Waals surface area contributed by atoms with Crippen LogP contribution in [-0.4, -0.2) is 44.3 Å². The summed E-state index contributed by atoms with van der Waals surface area (Å²) in [6.45, 7) is 7.51. The van der Waals surface area contributed by atoms with Crippen LogP contribution in [0.5, 0.6) is 0 Å². The lowest BCUT2D eigenvalue weighted by atomic mass is 10.1. The second-order valence-electron chi connectivity index (χ2n) is 9.78. The number of anilines is 1. The van der Waals surface area contributed by atoms with Crippen molar-refractivity contribution in [3.63, 3.8) is 0 Å². The van der Waals surface area contributed by atoms with Crippen molar-refractivity contribution < 1.29 is 18.0 Å². The zero-order chi connectivity index (χ0) is 30.2. The molecule has 0 bridgehead atoms. The second kappa shape index (κ2) is 14.7. The van der Waals surface area contributed by atoms with Gasteiger partial charge in [0.05, 0.1) is 10.6 Å². The van der Waals surface area contributed by atoms with Crippen molar-refractivity contribution in [2.24, 2.45) is 0 Å². The molecule has 3 aromatic carbocycles. The summed E-state index contributed by atoms with van der Waals surface area (Å²) in [5.41, 5.74) is 2.69. The van der Waals surface area contributed by atoms with Crippen molar-refractivity contribution in [2.75, 3.05) is 17.4 Å². The van der Waals surface area contributed by atoms with Gasteiger partial charge in [0.2, 0.25) is 11.8 Å². The fourth-order valence-electron chi connectivity index (χ4n) is 4.52. The molecule has 0 aromatic heterocycles. The second-order valence-corrected chi connectivity index (χ2v) is 12.5. The van der Waals surface area contributed by atoms with E-state index in [1.807, 2.05) is 39.8 Å². The Kier molecular flexibility index (Phi) is 11.6. The quantitative estimate of drug-likeness (QED) is 0.241. The molecule has 3 rings (SSSR count). The number of hydrogen-bond acceptors (Lipinski definition) is 4. The first-order valence-electron chi connectivity index (χ1n) is 13.7. The van der Waals surface area contributed by atoms with Gasteiger partial charge < -0.3 is 10.2 Å². The predicted molar refractivity (Wildman–Crippen MR) is 166 cm³/mol. The van der Waals surface area contributed by atoms with E-state index in [1.165, 1.54) is 17.0 Å². The number of carbonyl (C=O) groups excluding carboxylic acids is 2. The molecule has 0 aliphatic rings. The van der Waals surface area contributed by atoms with Crippen molar-refractivity contribution in [2.45, 2.75) is 64.4 Å². The Labute approximate surface area is 253 Å². The molecule has 10 heteroatoms. The van der Waals surface area contributed by atoms with E-state index in [-0.39, 0.29) is 17.3 Å². The molecular weight excluding hydrogens is 581 g/mol. The summed E-state index contributed by atoms with van der Waals surface area (Å²) in [5.74, 6) is -0.842. The number of aryl methyl sites for hydroxylation is 2. The maximum atomic E-state index is 14.2. The van der Waals surface area contributed by atoms with Gasteiger partial charge in [-0.25, -0.2) is 8.42 Å². The summed E-state index contributed by atoms with van der Waals surface area (Å²) in [6.07, 6.45) is 1.61. The molecule has 0 aliphatic heterocycles. The normalized spacial score (nSPS) is 12.0. The fourth-order valence-corrected chi connectivity index (χ4v) is 6.44. The monoisotopic (exact) mass is 617 g/mol. The van der Waals surface area contributed by atoms with Gasteiger partial charge in [0.1, 0.15) is 12.6 Å². The average Bonchev–Trinajstić information content (AvgIpc) is 2.95. The number of halogens is 2. The first-order chi connectivity index (χ1) is 19.5. The molecule has 2 amide bonds. The first-order valence-corrected chi connectivity index (χ1v) is 15.9. The van der Waals surface area contributed by atoms with Gasteiger partial charge in [-0.3, -0.25) is 13.9 Å². The van der Waals surface area contributed by atoms with Crippen LogP contribution in [0, 0.1) is 6.92 Å². The minimum atomic E-state index is -4.14. The molecule has 0 unspecified atom stereocenters. The van der Waals surface area contributed by atoms with E-state index >= 15 is 0 Å². The van der Waals surface area contributed by atoms with Crippen LogP contribution in [0.3, 0.4) is 0 Å². The van der Waals surface area contributed by atoms with E-state index in [9.17, 15) is 18.0 Å². The van der Waals surface area contributed by atoms with Crippen LogP contribution in [0.25, 0.3) is 0 Å². The number of sulfonamides is 1. The molecule has 0 spiro atoms. The van der Waals surface area contributed by atoms with Gasteiger partial charge >= 0.3 is 0 Å². The van der Waals surface area contributed by atoms with Gasteiger partial charge in [-0.05, 0) is 67.6 Å². The molecule has 0 saturated heterocycles. The van der Waals surface area contributed by atoms with E-state index in [2.05, 4.69) is 5.32 Å². The topological polar surface area (TPSA) is 86.8 Å². The van der Waals surface area contributed by atoms with Gasteiger partial charge in [-0.1, -0.05) is 85.9 Å². The van der Waals surface area contributed by atoms with Crippen LogP contribution in [0.1, 0.15) is 50.3 Å².